The van der Waals surface area contributed by atoms with Crippen LogP contribution in [-0.2, 0) is 0 Å². The van der Waals surface area contributed by atoms with E-state index in [1.54, 1.807) is 24.3 Å². The summed E-state index contributed by atoms with van der Waals surface area (Å²) in [5, 5.41) is 26.2. The third kappa shape index (κ3) is 4.63. The van der Waals surface area contributed by atoms with Crippen molar-refractivity contribution in [1.82, 2.24) is 10.6 Å². The average Bonchev–Trinajstić information content (AvgIpc) is 2.63. The monoisotopic (exact) mass is 362 g/mol. The van der Waals surface area contributed by atoms with Gasteiger partial charge in [-0.15, -0.1) is 0 Å². The summed E-state index contributed by atoms with van der Waals surface area (Å²) in [7, 11) is 0. The summed E-state index contributed by atoms with van der Waals surface area (Å²) in [5.74, 6) is 0. The van der Waals surface area contributed by atoms with Gasteiger partial charge in [-0.25, -0.2) is 4.79 Å². The largest absolute Gasteiger partial charge is 0.465 e. The highest BCUT2D eigenvalue weighted by Crippen LogP contribution is 2.25. The van der Waals surface area contributed by atoms with E-state index in [4.69, 9.17) is 5.11 Å². The quantitative estimate of drug-likeness (QED) is 0.549. The van der Waals surface area contributed by atoms with Crippen LogP contribution in [0, 0.1) is 10.1 Å². The van der Waals surface area contributed by atoms with E-state index in [0.717, 1.165) is 57.3 Å². The first-order valence-corrected chi connectivity index (χ1v) is 9.28. The van der Waals surface area contributed by atoms with Crippen LogP contribution in [0.4, 0.5) is 16.2 Å². The van der Waals surface area contributed by atoms with Gasteiger partial charge in [0.1, 0.15) is 0 Å². The van der Waals surface area contributed by atoms with E-state index in [0.29, 0.717) is 6.04 Å². The minimum Gasteiger partial charge on any atom is -0.465 e. The first-order valence-electron chi connectivity index (χ1n) is 9.28. The van der Waals surface area contributed by atoms with Crippen molar-refractivity contribution in [3.05, 3.63) is 34.4 Å². The lowest BCUT2D eigenvalue weighted by Gasteiger charge is -2.40. The second-order valence-electron chi connectivity index (χ2n) is 7.17. The van der Waals surface area contributed by atoms with E-state index in [1.807, 2.05) is 0 Å². The Bertz CT molecular complexity index is 637. The number of nitro benzene ring substituents is 1. The maximum absolute atomic E-state index is 11.0. The zero-order valence-electron chi connectivity index (χ0n) is 14.8. The normalized spacial score (nSPS) is 26.3. The number of anilines is 1. The number of carbonyl (C=O) groups is 1. The Balaban J connectivity index is 1.60. The van der Waals surface area contributed by atoms with Crippen molar-refractivity contribution >= 4 is 17.5 Å². The number of non-ortho nitro benzene ring substituents is 1. The van der Waals surface area contributed by atoms with E-state index in [9.17, 15) is 14.9 Å². The second kappa shape index (κ2) is 8.35. The minimum atomic E-state index is -0.958. The summed E-state index contributed by atoms with van der Waals surface area (Å²) in [4.78, 5) is 23.7. The average molecular weight is 362 g/mol. The van der Waals surface area contributed by atoms with E-state index >= 15 is 0 Å². The minimum absolute atomic E-state index is 0.0315. The molecular formula is C18H26N4O4. The lowest BCUT2D eigenvalue weighted by atomic mass is 9.89. The molecule has 1 aromatic carbocycles. The standard InChI is InChI=1S/C18H26N4O4/c23-18(24)20-17-6-2-1-5-16(17)19-13-4-3-11-21(12-13)14-7-9-15(10-8-14)22(25)26/h7-10,13,16-17,19-20H,1-6,11-12H2,(H,23,24)/t13-,16+,17+/m0/s1. The van der Waals surface area contributed by atoms with Gasteiger partial charge in [0, 0.05) is 49.0 Å². The molecule has 1 aliphatic carbocycles. The van der Waals surface area contributed by atoms with Crippen molar-refractivity contribution in [2.24, 2.45) is 0 Å². The fourth-order valence-electron chi connectivity index (χ4n) is 4.10. The molecule has 1 aromatic rings. The van der Waals surface area contributed by atoms with Crippen LogP contribution in [0.25, 0.3) is 0 Å². The molecule has 1 amide bonds. The van der Waals surface area contributed by atoms with Gasteiger partial charge in [-0.3, -0.25) is 10.1 Å². The molecule has 0 spiro atoms. The van der Waals surface area contributed by atoms with Crippen LogP contribution in [0.15, 0.2) is 24.3 Å². The van der Waals surface area contributed by atoms with Crippen molar-refractivity contribution in [1.29, 1.82) is 0 Å². The predicted molar refractivity (Wildman–Crippen MR) is 98.7 cm³/mol. The molecule has 0 unspecified atom stereocenters. The molecule has 3 rings (SSSR count). The van der Waals surface area contributed by atoms with Gasteiger partial charge in [0.05, 0.1) is 4.92 Å². The van der Waals surface area contributed by atoms with Crippen molar-refractivity contribution < 1.29 is 14.8 Å². The summed E-state index contributed by atoms with van der Waals surface area (Å²) in [5.41, 5.74) is 1.09. The Hall–Kier alpha value is -2.35. The van der Waals surface area contributed by atoms with Crippen molar-refractivity contribution in [2.45, 2.75) is 56.7 Å². The van der Waals surface area contributed by atoms with Crippen LogP contribution in [0.5, 0.6) is 0 Å². The Morgan fingerprint density at radius 3 is 2.46 bits per heavy atom. The van der Waals surface area contributed by atoms with Crippen molar-refractivity contribution in [3.63, 3.8) is 0 Å². The van der Waals surface area contributed by atoms with Crippen LogP contribution in [0.2, 0.25) is 0 Å². The SMILES string of the molecule is O=C(O)N[C@@H]1CCCC[C@H]1N[C@H]1CCCN(c2ccc([N+](=O)[O-])cc2)C1. The maximum atomic E-state index is 11.0. The highest BCUT2D eigenvalue weighted by molar-refractivity contribution is 5.65. The van der Waals surface area contributed by atoms with E-state index in [-0.39, 0.29) is 22.7 Å². The molecule has 0 radical (unpaired) electrons. The van der Waals surface area contributed by atoms with Gasteiger partial charge in [0.15, 0.2) is 0 Å². The molecule has 0 aromatic heterocycles. The summed E-state index contributed by atoms with van der Waals surface area (Å²) >= 11 is 0. The number of piperidine rings is 1. The van der Waals surface area contributed by atoms with Crippen LogP contribution >= 0.6 is 0 Å². The number of nitrogens with zero attached hydrogens (tertiary/aromatic N) is 2. The summed E-state index contributed by atoms with van der Waals surface area (Å²) in [6.45, 7) is 1.76. The highest BCUT2D eigenvalue weighted by Gasteiger charge is 2.30. The third-order valence-electron chi connectivity index (χ3n) is 5.37. The van der Waals surface area contributed by atoms with Crippen LogP contribution < -0.4 is 15.5 Å². The first-order chi connectivity index (χ1) is 12.5. The Kier molecular flexibility index (Phi) is 5.92. The molecule has 1 heterocycles. The fraction of sp³-hybridized carbons (Fsp3) is 0.611. The van der Waals surface area contributed by atoms with Gasteiger partial charge in [-0.2, -0.15) is 0 Å². The molecule has 2 fully saturated rings. The van der Waals surface area contributed by atoms with Gasteiger partial charge in [-0.05, 0) is 37.8 Å². The number of benzene rings is 1. The van der Waals surface area contributed by atoms with E-state index in [1.165, 1.54) is 0 Å². The Morgan fingerprint density at radius 1 is 1.12 bits per heavy atom. The number of rotatable bonds is 5. The van der Waals surface area contributed by atoms with Crippen LogP contribution in [-0.4, -0.2) is 47.3 Å². The number of hydrogen-bond acceptors (Lipinski definition) is 5. The number of nitrogens with one attached hydrogen (secondary N) is 2. The topological polar surface area (TPSA) is 108 Å². The van der Waals surface area contributed by atoms with Gasteiger partial charge in [0.25, 0.3) is 5.69 Å². The Morgan fingerprint density at radius 2 is 1.81 bits per heavy atom. The van der Waals surface area contributed by atoms with Crippen molar-refractivity contribution in [3.8, 4) is 0 Å². The third-order valence-corrected chi connectivity index (χ3v) is 5.37. The highest BCUT2D eigenvalue weighted by atomic mass is 16.6. The summed E-state index contributed by atoms with van der Waals surface area (Å²) < 4.78 is 0. The van der Waals surface area contributed by atoms with Crippen LogP contribution in [0.1, 0.15) is 38.5 Å². The second-order valence-corrected chi connectivity index (χ2v) is 7.17. The number of nitro groups is 1. The first kappa shape index (κ1) is 18.4. The zero-order chi connectivity index (χ0) is 18.5. The molecule has 142 valence electrons. The zero-order valence-corrected chi connectivity index (χ0v) is 14.8. The number of hydrogen-bond donors (Lipinski definition) is 3. The molecule has 2 aliphatic rings. The molecule has 1 aliphatic heterocycles. The van der Waals surface area contributed by atoms with E-state index in [2.05, 4.69) is 15.5 Å². The van der Waals surface area contributed by atoms with Gasteiger partial charge in [-0.1, -0.05) is 12.8 Å². The lowest BCUT2D eigenvalue weighted by molar-refractivity contribution is -0.384. The molecule has 8 heteroatoms. The summed E-state index contributed by atoms with van der Waals surface area (Å²) in [6.07, 6.45) is 5.18. The molecular weight excluding hydrogens is 336 g/mol. The van der Waals surface area contributed by atoms with Crippen molar-refractivity contribution in [2.75, 3.05) is 18.0 Å². The molecule has 26 heavy (non-hydrogen) atoms. The number of carboxylic acid groups (broad SMARTS) is 1. The lowest BCUT2D eigenvalue weighted by Crippen LogP contribution is -2.57. The number of amides is 1. The Labute approximate surface area is 152 Å². The smallest absolute Gasteiger partial charge is 0.404 e. The fourth-order valence-corrected chi connectivity index (χ4v) is 4.10. The molecule has 0 bridgehead atoms. The van der Waals surface area contributed by atoms with Crippen LogP contribution in [0.3, 0.4) is 0 Å². The van der Waals surface area contributed by atoms with Gasteiger partial charge >= 0.3 is 6.09 Å². The molecule has 8 nitrogen and oxygen atoms in total. The molecule has 1 saturated heterocycles. The van der Waals surface area contributed by atoms with E-state index < -0.39 is 6.09 Å². The van der Waals surface area contributed by atoms with Gasteiger partial charge < -0.3 is 20.6 Å². The maximum Gasteiger partial charge on any atom is 0.404 e. The molecule has 1 saturated carbocycles. The molecule has 3 N–H and O–H groups in total. The molecule has 3 atom stereocenters. The summed E-state index contributed by atoms with van der Waals surface area (Å²) in [6, 6.07) is 7.12. The predicted octanol–water partition coefficient (Wildman–Crippen LogP) is 2.73. The van der Waals surface area contributed by atoms with Gasteiger partial charge in [0.2, 0.25) is 0 Å².